The molecule has 0 saturated heterocycles. The van der Waals surface area contributed by atoms with Crippen LogP contribution in [0.1, 0.15) is 16.7 Å². The number of hydrogen-bond acceptors (Lipinski definition) is 5. The number of nitrogens with one attached hydrogen (secondary N) is 1. The van der Waals surface area contributed by atoms with E-state index in [9.17, 15) is 8.42 Å². The van der Waals surface area contributed by atoms with E-state index in [-0.39, 0.29) is 4.90 Å². The van der Waals surface area contributed by atoms with Crippen molar-refractivity contribution in [3.8, 4) is 16.3 Å². The van der Waals surface area contributed by atoms with Gasteiger partial charge in [-0.15, -0.1) is 11.3 Å². The molecule has 0 aliphatic heterocycles. The molecule has 26 heavy (non-hydrogen) atoms. The van der Waals surface area contributed by atoms with Crippen molar-refractivity contribution in [2.45, 2.75) is 25.7 Å². The Labute approximate surface area is 157 Å². The Morgan fingerprint density at radius 1 is 1.00 bits per heavy atom. The maximum atomic E-state index is 12.8. The lowest BCUT2D eigenvalue weighted by atomic mass is 10.1. The Hall–Kier alpha value is -2.38. The quantitative estimate of drug-likeness (QED) is 0.696. The highest BCUT2D eigenvalue weighted by Crippen LogP contribution is 2.29. The number of aryl methyl sites for hydroxylation is 3. The van der Waals surface area contributed by atoms with Gasteiger partial charge < -0.3 is 4.74 Å². The van der Waals surface area contributed by atoms with Gasteiger partial charge in [-0.1, -0.05) is 6.07 Å². The topological polar surface area (TPSA) is 68.3 Å². The molecule has 0 amide bonds. The van der Waals surface area contributed by atoms with Crippen molar-refractivity contribution in [1.82, 2.24) is 4.98 Å². The number of hydrogen-bond donors (Lipinski definition) is 1. The smallest absolute Gasteiger partial charge is 0.263 e. The summed E-state index contributed by atoms with van der Waals surface area (Å²) < 4.78 is 33.2. The molecule has 0 spiro atoms. The second-order valence-corrected chi connectivity index (χ2v) is 8.58. The van der Waals surface area contributed by atoms with Crippen LogP contribution >= 0.6 is 11.3 Å². The van der Waals surface area contributed by atoms with E-state index < -0.39 is 10.0 Å². The average molecular weight is 389 g/mol. The fourth-order valence-electron chi connectivity index (χ4n) is 2.60. The summed E-state index contributed by atoms with van der Waals surface area (Å²) in [7, 11) is -2.08. The molecule has 2 aromatic carbocycles. The van der Waals surface area contributed by atoms with E-state index in [1.54, 1.807) is 25.5 Å². The molecule has 0 fully saturated rings. The Morgan fingerprint density at radius 3 is 2.31 bits per heavy atom. The first-order valence-electron chi connectivity index (χ1n) is 8.01. The summed E-state index contributed by atoms with van der Waals surface area (Å²) in [6, 6.07) is 11.1. The number of ether oxygens (including phenoxy) is 1. The first-order chi connectivity index (χ1) is 12.3. The van der Waals surface area contributed by atoms with Crippen molar-refractivity contribution < 1.29 is 13.2 Å². The van der Waals surface area contributed by atoms with Crippen LogP contribution in [0.25, 0.3) is 10.6 Å². The monoisotopic (exact) mass is 388 g/mol. The normalized spacial score (nSPS) is 11.4. The van der Waals surface area contributed by atoms with Gasteiger partial charge in [-0.05, 0) is 67.8 Å². The molecule has 0 unspecified atom stereocenters. The molecule has 0 aliphatic rings. The maximum absolute atomic E-state index is 12.8. The lowest BCUT2D eigenvalue weighted by Gasteiger charge is -2.11. The summed E-state index contributed by atoms with van der Waals surface area (Å²) in [4.78, 5) is 4.68. The van der Waals surface area contributed by atoms with Gasteiger partial charge >= 0.3 is 0 Å². The standard InChI is InChI=1S/C19H20N2O3S2/c1-12-9-14(3)17(10-13(12)2)26(22,23)21-18-11-25-19(20-18)15-5-7-16(24-4)8-6-15/h5-11,21H,1-4H3. The first-order valence-corrected chi connectivity index (χ1v) is 10.4. The fourth-order valence-corrected chi connectivity index (χ4v) is 4.74. The highest BCUT2D eigenvalue weighted by molar-refractivity contribution is 7.92. The van der Waals surface area contributed by atoms with E-state index in [2.05, 4.69) is 9.71 Å². The Morgan fingerprint density at radius 2 is 1.65 bits per heavy atom. The first kappa shape index (κ1) is 18.4. The van der Waals surface area contributed by atoms with Crippen LogP contribution in [-0.4, -0.2) is 20.5 Å². The van der Waals surface area contributed by atoms with Gasteiger partial charge in [0, 0.05) is 10.9 Å². The number of benzene rings is 2. The second kappa shape index (κ2) is 7.09. The Bertz CT molecular complexity index is 1040. The van der Waals surface area contributed by atoms with Crippen molar-refractivity contribution in [2.75, 3.05) is 11.8 Å². The van der Waals surface area contributed by atoms with Crippen LogP contribution in [0.5, 0.6) is 5.75 Å². The molecule has 0 radical (unpaired) electrons. The maximum Gasteiger partial charge on any atom is 0.263 e. The third-order valence-electron chi connectivity index (χ3n) is 4.16. The molecule has 0 atom stereocenters. The number of rotatable bonds is 5. The largest absolute Gasteiger partial charge is 0.497 e. The molecule has 0 saturated carbocycles. The molecule has 7 heteroatoms. The number of methoxy groups -OCH3 is 1. The zero-order valence-electron chi connectivity index (χ0n) is 15.0. The predicted molar refractivity (Wildman–Crippen MR) is 106 cm³/mol. The van der Waals surface area contributed by atoms with Crippen LogP contribution in [0, 0.1) is 20.8 Å². The van der Waals surface area contributed by atoms with E-state index >= 15 is 0 Å². The van der Waals surface area contributed by atoms with Gasteiger partial charge in [0.15, 0.2) is 5.82 Å². The van der Waals surface area contributed by atoms with Gasteiger partial charge in [0.1, 0.15) is 10.8 Å². The minimum absolute atomic E-state index is 0.277. The molecule has 0 aliphatic carbocycles. The highest BCUT2D eigenvalue weighted by Gasteiger charge is 2.19. The highest BCUT2D eigenvalue weighted by atomic mass is 32.2. The molecule has 1 N–H and O–H groups in total. The number of sulfonamides is 1. The molecule has 1 heterocycles. The van der Waals surface area contributed by atoms with Gasteiger partial charge in [-0.2, -0.15) is 0 Å². The minimum atomic E-state index is -3.69. The van der Waals surface area contributed by atoms with E-state index in [1.165, 1.54) is 11.3 Å². The average Bonchev–Trinajstić information content (AvgIpc) is 3.05. The van der Waals surface area contributed by atoms with Gasteiger partial charge in [-0.3, -0.25) is 4.72 Å². The van der Waals surface area contributed by atoms with Gasteiger partial charge in [0.2, 0.25) is 0 Å². The van der Waals surface area contributed by atoms with Crippen molar-refractivity contribution in [1.29, 1.82) is 0 Å². The van der Waals surface area contributed by atoms with Gasteiger partial charge in [-0.25, -0.2) is 13.4 Å². The number of anilines is 1. The van der Waals surface area contributed by atoms with Crippen molar-refractivity contribution >= 4 is 27.2 Å². The summed E-state index contributed by atoms with van der Waals surface area (Å²) in [5.74, 6) is 1.08. The molecule has 0 bridgehead atoms. The van der Waals surface area contributed by atoms with Crippen LogP contribution in [0.3, 0.4) is 0 Å². The third kappa shape index (κ3) is 3.73. The fraction of sp³-hybridized carbons (Fsp3) is 0.211. The minimum Gasteiger partial charge on any atom is -0.497 e. The number of thiazole rings is 1. The molecule has 136 valence electrons. The molecule has 3 rings (SSSR count). The van der Waals surface area contributed by atoms with Gasteiger partial charge in [0.05, 0.1) is 12.0 Å². The van der Waals surface area contributed by atoms with Gasteiger partial charge in [0.25, 0.3) is 10.0 Å². The van der Waals surface area contributed by atoms with Crippen LogP contribution in [-0.2, 0) is 10.0 Å². The summed E-state index contributed by atoms with van der Waals surface area (Å²) in [6.45, 7) is 5.66. The molecular formula is C19H20N2O3S2. The van der Waals surface area contributed by atoms with E-state index in [4.69, 9.17) is 4.74 Å². The Kier molecular flexibility index (Phi) is 5.02. The summed E-state index contributed by atoms with van der Waals surface area (Å²) in [5.41, 5.74) is 3.62. The van der Waals surface area contributed by atoms with Crippen molar-refractivity contribution in [2.24, 2.45) is 0 Å². The van der Waals surface area contributed by atoms with E-state index in [1.807, 2.05) is 44.2 Å². The lowest BCUT2D eigenvalue weighted by molar-refractivity contribution is 0.415. The molecule has 3 aromatic rings. The number of aromatic nitrogens is 1. The molecule has 1 aromatic heterocycles. The SMILES string of the molecule is COc1ccc(-c2nc(NS(=O)(=O)c3cc(C)c(C)cc3C)cs2)cc1. The predicted octanol–water partition coefficient (Wildman–Crippen LogP) is 4.54. The van der Waals surface area contributed by atoms with E-state index in [0.29, 0.717) is 11.4 Å². The summed E-state index contributed by atoms with van der Waals surface area (Å²) in [6.07, 6.45) is 0. The van der Waals surface area contributed by atoms with Crippen molar-refractivity contribution in [3.05, 3.63) is 58.5 Å². The Balaban J connectivity index is 1.87. The van der Waals surface area contributed by atoms with Crippen LogP contribution in [0.15, 0.2) is 46.7 Å². The van der Waals surface area contributed by atoms with Crippen LogP contribution in [0.4, 0.5) is 5.82 Å². The lowest BCUT2D eigenvalue weighted by Crippen LogP contribution is -2.15. The number of nitrogens with zero attached hydrogens (tertiary/aromatic N) is 1. The second-order valence-electron chi connectivity index (χ2n) is 6.07. The zero-order chi connectivity index (χ0) is 18.9. The zero-order valence-corrected chi connectivity index (χ0v) is 16.7. The molecule has 5 nitrogen and oxygen atoms in total. The molecular weight excluding hydrogens is 368 g/mol. The van der Waals surface area contributed by atoms with Crippen molar-refractivity contribution in [3.63, 3.8) is 0 Å². The summed E-state index contributed by atoms with van der Waals surface area (Å²) in [5, 5.41) is 2.44. The summed E-state index contributed by atoms with van der Waals surface area (Å²) >= 11 is 1.38. The van der Waals surface area contributed by atoms with Crippen LogP contribution in [0.2, 0.25) is 0 Å². The van der Waals surface area contributed by atoms with E-state index in [0.717, 1.165) is 27.4 Å². The van der Waals surface area contributed by atoms with Crippen LogP contribution < -0.4 is 9.46 Å². The third-order valence-corrected chi connectivity index (χ3v) is 6.55.